The Hall–Kier alpha value is -2.16. The molecule has 0 aliphatic heterocycles. The summed E-state index contributed by atoms with van der Waals surface area (Å²) < 4.78 is 2.45. The summed E-state index contributed by atoms with van der Waals surface area (Å²) in [4.78, 5) is 0. The van der Waals surface area contributed by atoms with Gasteiger partial charge in [-0.25, -0.2) is 0 Å². The number of halogens is 2. The third kappa shape index (κ3) is 11.3. The minimum absolute atomic E-state index is 0.0680. The number of unbranched alkanes of at least 4 members (excludes halogenated alkanes) is 20. The van der Waals surface area contributed by atoms with E-state index in [1.807, 2.05) is 0 Å². The lowest BCUT2D eigenvalue weighted by Crippen LogP contribution is -2.26. The molecule has 0 aromatic heterocycles. The summed E-state index contributed by atoms with van der Waals surface area (Å²) in [5.74, 6) is 0. The Morgan fingerprint density at radius 3 is 0.850 bits per heavy atom. The molecule has 0 heterocycles. The van der Waals surface area contributed by atoms with Gasteiger partial charge >= 0.3 is 0 Å². The number of hydrogen-bond acceptors (Lipinski definition) is 0. The molecule has 0 saturated heterocycles. The van der Waals surface area contributed by atoms with Crippen LogP contribution in [0, 0.1) is 0 Å². The van der Waals surface area contributed by atoms with Crippen LogP contribution in [0.1, 0.15) is 230 Å². The van der Waals surface area contributed by atoms with Gasteiger partial charge < -0.3 is 0 Å². The van der Waals surface area contributed by atoms with Crippen LogP contribution in [0.2, 0.25) is 0 Å². The normalized spacial score (nSPS) is 14.3. The molecule has 0 saturated carbocycles. The van der Waals surface area contributed by atoms with Crippen molar-refractivity contribution in [3.8, 4) is 33.4 Å². The van der Waals surface area contributed by atoms with Crippen LogP contribution in [-0.2, 0) is 10.8 Å². The van der Waals surface area contributed by atoms with Crippen molar-refractivity contribution in [3.63, 3.8) is 0 Å². The van der Waals surface area contributed by atoms with Crippen molar-refractivity contribution in [2.45, 2.75) is 218 Å². The fraction of sp³-hybridized carbons (Fsp3) is 0.586. The molecule has 6 rings (SSSR count). The van der Waals surface area contributed by atoms with E-state index in [2.05, 4.69) is 132 Å². The van der Waals surface area contributed by atoms with Crippen LogP contribution in [0.3, 0.4) is 0 Å². The quantitative estimate of drug-likeness (QED) is 0.0476. The molecule has 0 radical (unpaired) electrons. The van der Waals surface area contributed by atoms with Crippen molar-refractivity contribution in [3.05, 3.63) is 104 Å². The molecule has 0 fully saturated rings. The minimum Gasteiger partial charge on any atom is -0.0654 e. The first kappa shape index (κ1) is 47.3. The van der Waals surface area contributed by atoms with Crippen LogP contribution in [0.25, 0.3) is 33.4 Å². The summed E-state index contributed by atoms with van der Waals surface area (Å²) in [6.45, 7) is 9.34. The van der Waals surface area contributed by atoms with Crippen LogP contribution in [0.15, 0.2) is 81.7 Å². The van der Waals surface area contributed by atoms with Crippen LogP contribution in [0.4, 0.5) is 0 Å². The topological polar surface area (TPSA) is 0 Å². The maximum atomic E-state index is 3.95. The average Bonchev–Trinajstić information content (AvgIpc) is 3.67. The molecule has 0 nitrogen and oxygen atoms in total. The van der Waals surface area contributed by atoms with E-state index in [0.29, 0.717) is 0 Å². The van der Waals surface area contributed by atoms with Gasteiger partial charge in [-0.1, -0.05) is 250 Å². The second-order valence-electron chi connectivity index (χ2n) is 19.1. The molecule has 326 valence electrons. The van der Waals surface area contributed by atoms with E-state index >= 15 is 0 Å². The van der Waals surface area contributed by atoms with Gasteiger partial charge in [-0.3, -0.25) is 0 Å². The predicted molar refractivity (Wildman–Crippen MR) is 272 cm³/mol. The van der Waals surface area contributed by atoms with E-state index in [9.17, 15) is 0 Å². The first-order valence-corrected chi connectivity index (χ1v) is 26.9. The largest absolute Gasteiger partial charge is 0.0654 e. The summed E-state index contributed by atoms with van der Waals surface area (Å²) in [7, 11) is 0. The lowest BCUT2D eigenvalue weighted by molar-refractivity contribution is 0.397. The molecule has 2 aliphatic carbocycles. The summed E-state index contributed by atoms with van der Waals surface area (Å²) in [5.41, 5.74) is 15.2. The SMILES string of the molecule is CCCCCCCCC1(CCCCCCCC)c2cc(Br)ccc2-c2ccc(-c3ccc4c(c3)C(CCCCCCCC)(CCCCCCCC)c3cc(Br)ccc3-4)cc21. The van der Waals surface area contributed by atoms with Gasteiger partial charge in [0, 0.05) is 19.8 Å². The predicted octanol–water partition coefficient (Wildman–Crippen LogP) is 20.4. The fourth-order valence-corrected chi connectivity index (χ4v) is 12.2. The molecule has 4 aromatic carbocycles. The number of hydrogen-bond donors (Lipinski definition) is 0. The standard InChI is InChI=1S/C58H80Br2/c1-5-9-13-17-21-25-37-57(38-26-22-18-14-10-6-2)53-41-45(29-33-49(53)51-35-31-47(59)43-55(51)57)46-30-34-50-52-36-32-48(60)44-56(52)58(54(50)42-46,39-27-23-19-15-11-7-3)40-28-24-20-16-12-8-4/h29-36,41-44H,5-28,37-40H2,1-4H3. The van der Waals surface area contributed by atoms with Crippen molar-refractivity contribution in [2.24, 2.45) is 0 Å². The molecule has 0 spiro atoms. The third-order valence-electron chi connectivity index (χ3n) is 14.8. The highest BCUT2D eigenvalue weighted by molar-refractivity contribution is 9.10. The zero-order chi connectivity index (χ0) is 42.2. The van der Waals surface area contributed by atoms with Gasteiger partial charge in [-0.2, -0.15) is 0 Å². The second kappa shape index (κ2) is 24.1. The molecule has 0 atom stereocenters. The first-order valence-electron chi connectivity index (χ1n) is 25.3. The lowest BCUT2D eigenvalue weighted by Gasteiger charge is -2.34. The molecular formula is C58H80Br2. The Morgan fingerprint density at radius 1 is 0.300 bits per heavy atom. The van der Waals surface area contributed by atoms with Gasteiger partial charge in [0.1, 0.15) is 0 Å². The molecule has 0 amide bonds. The second-order valence-corrected chi connectivity index (χ2v) is 21.0. The summed E-state index contributed by atoms with van der Waals surface area (Å²) in [6, 6.07) is 29.8. The van der Waals surface area contributed by atoms with Gasteiger partial charge in [-0.05, 0) is 118 Å². The number of benzene rings is 4. The fourth-order valence-electron chi connectivity index (χ4n) is 11.4. The molecular weight excluding hydrogens is 856 g/mol. The number of fused-ring (bicyclic) bond motifs is 6. The molecule has 0 unspecified atom stereocenters. The Bertz CT molecular complexity index is 1750. The Morgan fingerprint density at radius 2 is 0.550 bits per heavy atom. The van der Waals surface area contributed by atoms with Crippen LogP contribution in [0.5, 0.6) is 0 Å². The van der Waals surface area contributed by atoms with Gasteiger partial charge in [0.05, 0.1) is 0 Å². The van der Waals surface area contributed by atoms with Crippen molar-refractivity contribution >= 4 is 31.9 Å². The van der Waals surface area contributed by atoms with Gasteiger partial charge in [0.2, 0.25) is 0 Å². The third-order valence-corrected chi connectivity index (χ3v) is 15.8. The van der Waals surface area contributed by atoms with E-state index in [4.69, 9.17) is 0 Å². The highest BCUT2D eigenvalue weighted by Crippen LogP contribution is 2.58. The van der Waals surface area contributed by atoms with E-state index in [-0.39, 0.29) is 10.8 Å². The molecule has 2 heteroatoms. The highest BCUT2D eigenvalue weighted by atomic mass is 79.9. The van der Waals surface area contributed by atoms with E-state index in [1.54, 1.807) is 22.3 Å². The Balaban J connectivity index is 1.39. The highest BCUT2D eigenvalue weighted by Gasteiger charge is 2.44. The van der Waals surface area contributed by atoms with Crippen molar-refractivity contribution in [2.75, 3.05) is 0 Å². The Kier molecular flexibility index (Phi) is 19.0. The molecule has 0 N–H and O–H groups in total. The van der Waals surface area contributed by atoms with Crippen LogP contribution in [-0.4, -0.2) is 0 Å². The molecule has 60 heavy (non-hydrogen) atoms. The first-order chi connectivity index (χ1) is 29.4. The monoisotopic (exact) mass is 934 g/mol. The zero-order valence-corrected chi connectivity index (χ0v) is 41.7. The average molecular weight is 937 g/mol. The molecule has 2 aliphatic rings. The van der Waals surface area contributed by atoms with Crippen molar-refractivity contribution < 1.29 is 0 Å². The lowest BCUT2D eigenvalue weighted by atomic mass is 9.69. The van der Waals surface area contributed by atoms with Crippen molar-refractivity contribution in [1.29, 1.82) is 0 Å². The van der Waals surface area contributed by atoms with Crippen molar-refractivity contribution in [1.82, 2.24) is 0 Å². The number of rotatable bonds is 29. The minimum atomic E-state index is 0.0680. The van der Waals surface area contributed by atoms with Gasteiger partial charge in [0.25, 0.3) is 0 Å². The van der Waals surface area contributed by atoms with Gasteiger partial charge in [0.15, 0.2) is 0 Å². The maximum Gasteiger partial charge on any atom is 0.0215 e. The van der Waals surface area contributed by atoms with E-state index in [1.165, 1.54) is 222 Å². The maximum absolute atomic E-state index is 3.95. The smallest absolute Gasteiger partial charge is 0.0215 e. The van der Waals surface area contributed by atoms with E-state index < -0.39 is 0 Å². The van der Waals surface area contributed by atoms with Crippen LogP contribution < -0.4 is 0 Å². The molecule has 0 bridgehead atoms. The van der Waals surface area contributed by atoms with Gasteiger partial charge in [-0.15, -0.1) is 0 Å². The summed E-state index contributed by atoms with van der Waals surface area (Å²) >= 11 is 7.91. The summed E-state index contributed by atoms with van der Waals surface area (Å²) in [5, 5.41) is 0. The van der Waals surface area contributed by atoms with Crippen LogP contribution >= 0.6 is 31.9 Å². The zero-order valence-electron chi connectivity index (χ0n) is 38.5. The Labute approximate surface area is 385 Å². The molecule has 4 aromatic rings. The summed E-state index contributed by atoms with van der Waals surface area (Å²) in [6.07, 6.45) is 37.3. The van der Waals surface area contributed by atoms with E-state index in [0.717, 1.165) is 0 Å².